The fourth-order valence-electron chi connectivity index (χ4n) is 6.44. The van der Waals surface area contributed by atoms with E-state index < -0.39 is 0 Å². The van der Waals surface area contributed by atoms with Gasteiger partial charge < -0.3 is 4.74 Å². The van der Waals surface area contributed by atoms with Crippen LogP contribution in [0.25, 0.3) is 0 Å². The monoisotopic (exact) mass is 549 g/mol. The molecule has 0 aliphatic carbocycles. The van der Waals surface area contributed by atoms with Crippen LogP contribution in [0.15, 0.2) is 0 Å². The summed E-state index contributed by atoms with van der Waals surface area (Å²) < 4.78 is 6.21. The Morgan fingerprint density at radius 1 is 0.590 bits per heavy atom. The van der Waals surface area contributed by atoms with E-state index in [2.05, 4.69) is 20.8 Å². The molecule has 0 unspecified atom stereocenters. The lowest BCUT2D eigenvalue weighted by atomic mass is 9.85. The molecule has 0 aromatic carbocycles. The molecule has 0 N–H and O–H groups in total. The summed E-state index contributed by atoms with van der Waals surface area (Å²) in [5, 5.41) is 0. The molecule has 1 aliphatic rings. The maximum atomic E-state index is 13.0. The van der Waals surface area contributed by atoms with E-state index in [-0.39, 0.29) is 17.5 Å². The largest absolute Gasteiger partial charge is 0.378 e. The zero-order valence-electron chi connectivity index (χ0n) is 26.8. The third-order valence-corrected chi connectivity index (χ3v) is 9.07. The summed E-state index contributed by atoms with van der Waals surface area (Å²) in [5.74, 6) is 0.894. The first-order valence-electron chi connectivity index (χ1n) is 17.8. The number of carbonyl (C=O) groups is 2. The smallest absolute Gasteiger partial charge is 0.143 e. The normalized spacial score (nSPS) is 17.6. The second-order valence-electron chi connectivity index (χ2n) is 12.7. The molecule has 1 heterocycles. The van der Waals surface area contributed by atoms with Gasteiger partial charge in [0.15, 0.2) is 0 Å². The Morgan fingerprint density at radius 3 is 1.62 bits per heavy atom. The maximum Gasteiger partial charge on any atom is 0.143 e. The SMILES string of the molecule is CCCCCCCC[C@H]1OCCC[C@@H]1CCCCCCC(C(=O)CCCCCCC)C(=O)CCCCCCC. The predicted molar refractivity (Wildman–Crippen MR) is 168 cm³/mol. The van der Waals surface area contributed by atoms with E-state index in [4.69, 9.17) is 4.74 Å². The lowest BCUT2D eigenvalue weighted by Crippen LogP contribution is -2.29. The lowest BCUT2D eigenvalue weighted by Gasteiger charge is -2.32. The second-order valence-corrected chi connectivity index (χ2v) is 12.7. The van der Waals surface area contributed by atoms with Crippen molar-refractivity contribution in [1.82, 2.24) is 0 Å². The van der Waals surface area contributed by atoms with Gasteiger partial charge in [-0.1, -0.05) is 136 Å². The molecule has 0 spiro atoms. The number of unbranched alkanes of at least 4 members (excludes halogenated alkanes) is 16. The van der Waals surface area contributed by atoms with E-state index in [0.717, 1.165) is 57.5 Å². The van der Waals surface area contributed by atoms with Gasteiger partial charge in [-0.05, 0) is 50.9 Å². The van der Waals surface area contributed by atoms with E-state index in [1.165, 1.54) is 116 Å². The van der Waals surface area contributed by atoms with Crippen LogP contribution in [0.1, 0.15) is 194 Å². The Morgan fingerprint density at radius 2 is 1.05 bits per heavy atom. The van der Waals surface area contributed by atoms with Gasteiger partial charge in [-0.15, -0.1) is 0 Å². The third-order valence-electron chi connectivity index (χ3n) is 9.07. The van der Waals surface area contributed by atoms with Crippen LogP contribution in [0.5, 0.6) is 0 Å². The van der Waals surface area contributed by atoms with Crippen LogP contribution in [-0.4, -0.2) is 24.3 Å². The molecule has 3 nitrogen and oxygen atoms in total. The molecule has 0 amide bonds. The summed E-state index contributed by atoms with van der Waals surface area (Å²) in [7, 11) is 0. The predicted octanol–water partition coefficient (Wildman–Crippen LogP) is 11.3. The zero-order valence-corrected chi connectivity index (χ0v) is 26.8. The zero-order chi connectivity index (χ0) is 28.4. The molecule has 39 heavy (non-hydrogen) atoms. The Labute approximate surface area is 244 Å². The molecule has 0 radical (unpaired) electrons. The van der Waals surface area contributed by atoms with Crippen LogP contribution in [0.3, 0.4) is 0 Å². The van der Waals surface area contributed by atoms with Crippen molar-refractivity contribution in [1.29, 1.82) is 0 Å². The van der Waals surface area contributed by atoms with Gasteiger partial charge in [-0.3, -0.25) is 9.59 Å². The number of ether oxygens (including phenoxy) is 1. The molecule has 2 atom stereocenters. The molecule has 230 valence electrons. The molecule has 1 fully saturated rings. The minimum Gasteiger partial charge on any atom is -0.378 e. The van der Waals surface area contributed by atoms with Crippen LogP contribution in [0, 0.1) is 11.8 Å². The number of hydrogen-bond acceptors (Lipinski definition) is 3. The number of ketones is 2. The van der Waals surface area contributed by atoms with Gasteiger partial charge in [0, 0.05) is 19.4 Å². The van der Waals surface area contributed by atoms with Crippen LogP contribution in [0.2, 0.25) is 0 Å². The number of rotatable bonds is 28. The van der Waals surface area contributed by atoms with Gasteiger partial charge in [-0.25, -0.2) is 0 Å². The standard InChI is InChI=1S/C36H68O3/c1-4-7-10-13-16-23-30-36-32(26-24-31-39-36)25-19-17-18-20-27-33(34(37)28-21-14-11-8-5-2)35(38)29-22-15-12-9-6-3/h32-33,36H,4-31H2,1-3H3/t32-,36+/m0/s1. The molecule has 0 saturated carbocycles. The average Bonchev–Trinajstić information content (AvgIpc) is 2.94. The van der Waals surface area contributed by atoms with Crippen molar-refractivity contribution in [2.75, 3.05) is 6.61 Å². The first-order valence-corrected chi connectivity index (χ1v) is 17.8. The fourth-order valence-corrected chi connectivity index (χ4v) is 6.44. The number of hydrogen-bond donors (Lipinski definition) is 0. The minimum atomic E-state index is -0.323. The summed E-state index contributed by atoms with van der Waals surface area (Å²) in [5.41, 5.74) is 0. The van der Waals surface area contributed by atoms with Crippen molar-refractivity contribution >= 4 is 11.6 Å². The quantitative estimate of drug-likeness (QED) is 0.0721. The second kappa shape index (κ2) is 26.2. The highest BCUT2D eigenvalue weighted by atomic mass is 16.5. The van der Waals surface area contributed by atoms with Crippen LogP contribution < -0.4 is 0 Å². The van der Waals surface area contributed by atoms with Crippen LogP contribution in [-0.2, 0) is 14.3 Å². The van der Waals surface area contributed by atoms with Gasteiger partial charge in [0.1, 0.15) is 11.6 Å². The van der Waals surface area contributed by atoms with Crippen LogP contribution >= 0.6 is 0 Å². The van der Waals surface area contributed by atoms with E-state index in [9.17, 15) is 9.59 Å². The summed E-state index contributed by atoms with van der Waals surface area (Å²) in [6.45, 7) is 7.68. The molecular formula is C36H68O3. The number of carbonyl (C=O) groups excluding carboxylic acids is 2. The number of Topliss-reactive ketones (excluding diaryl/α,β-unsaturated/α-hetero) is 2. The van der Waals surface area contributed by atoms with Gasteiger partial charge in [0.2, 0.25) is 0 Å². The molecule has 3 heteroatoms. The molecular weight excluding hydrogens is 480 g/mol. The summed E-state index contributed by atoms with van der Waals surface area (Å²) in [6.07, 6.45) is 32.0. The van der Waals surface area contributed by atoms with Gasteiger partial charge in [0.05, 0.1) is 12.0 Å². The molecule has 1 aliphatic heterocycles. The Hall–Kier alpha value is -0.700. The fraction of sp³-hybridized carbons (Fsp3) is 0.944. The Kier molecular flexibility index (Phi) is 24.4. The van der Waals surface area contributed by atoms with Crippen molar-refractivity contribution in [3.63, 3.8) is 0 Å². The Balaban J connectivity index is 2.35. The lowest BCUT2D eigenvalue weighted by molar-refractivity contribution is -0.133. The summed E-state index contributed by atoms with van der Waals surface area (Å²) >= 11 is 0. The highest BCUT2D eigenvalue weighted by molar-refractivity contribution is 6.02. The van der Waals surface area contributed by atoms with E-state index in [1.807, 2.05) is 0 Å². The van der Waals surface area contributed by atoms with Gasteiger partial charge in [0.25, 0.3) is 0 Å². The highest BCUT2D eigenvalue weighted by Gasteiger charge is 2.26. The van der Waals surface area contributed by atoms with Crippen molar-refractivity contribution in [2.24, 2.45) is 11.8 Å². The Bertz CT molecular complexity index is 546. The first kappa shape index (κ1) is 36.3. The van der Waals surface area contributed by atoms with Crippen LogP contribution in [0.4, 0.5) is 0 Å². The van der Waals surface area contributed by atoms with Crippen molar-refractivity contribution in [2.45, 2.75) is 200 Å². The van der Waals surface area contributed by atoms with Crippen molar-refractivity contribution < 1.29 is 14.3 Å². The van der Waals surface area contributed by atoms with E-state index in [1.54, 1.807) is 0 Å². The van der Waals surface area contributed by atoms with E-state index >= 15 is 0 Å². The summed E-state index contributed by atoms with van der Waals surface area (Å²) in [4.78, 5) is 26.1. The topological polar surface area (TPSA) is 43.4 Å². The summed E-state index contributed by atoms with van der Waals surface area (Å²) in [6, 6.07) is 0. The molecule has 0 bridgehead atoms. The third kappa shape index (κ3) is 19.1. The molecule has 0 aromatic rings. The molecule has 0 aromatic heterocycles. The first-order chi connectivity index (χ1) is 19.1. The highest BCUT2D eigenvalue weighted by Crippen LogP contribution is 2.30. The molecule has 1 saturated heterocycles. The molecule has 1 rings (SSSR count). The van der Waals surface area contributed by atoms with Crippen molar-refractivity contribution in [3.8, 4) is 0 Å². The van der Waals surface area contributed by atoms with Gasteiger partial charge in [-0.2, -0.15) is 0 Å². The van der Waals surface area contributed by atoms with E-state index in [0.29, 0.717) is 18.9 Å². The van der Waals surface area contributed by atoms with Gasteiger partial charge >= 0.3 is 0 Å². The maximum absolute atomic E-state index is 13.0. The van der Waals surface area contributed by atoms with Crippen molar-refractivity contribution in [3.05, 3.63) is 0 Å². The minimum absolute atomic E-state index is 0.238. The average molecular weight is 549 g/mol.